The lowest BCUT2D eigenvalue weighted by Crippen LogP contribution is -2.70. The van der Waals surface area contributed by atoms with E-state index in [-0.39, 0.29) is 19.1 Å². The van der Waals surface area contributed by atoms with E-state index in [9.17, 15) is 22.4 Å². The lowest BCUT2D eigenvalue weighted by Gasteiger charge is -2.46. The van der Waals surface area contributed by atoms with Gasteiger partial charge in [-0.25, -0.2) is 12.8 Å². The van der Waals surface area contributed by atoms with Crippen molar-refractivity contribution in [3.05, 3.63) is 30.1 Å². The lowest BCUT2D eigenvalue weighted by atomic mass is 9.94. The summed E-state index contributed by atoms with van der Waals surface area (Å²) in [6, 6.07) is 5.28. The second-order valence-corrected chi connectivity index (χ2v) is 9.45. The summed E-state index contributed by atoms with van der Waals surface area (Å²) in [5.41, 5.74) is -1.07. The number of carbonyl (C=O) groups is 2. The average Bonchev–Trinajstić information content (AvgIpc) is 3.08. The van der Waals surface area contributed by atoms with Crippen molar-refractivity contribution in [1.82, 2.24) is 9.62 Å². The maximum atomic E-state index is 13.3. The van der Waals surface area contributed by atoms with Gasteiger partial charge in [-0.1, -0.05) is 12.8 Å². The van der Waals surface area contributed by atoms with E-state index in [1.54, 1.807) is 6.92 Å². The fourth-order valence-electron chi connectivity index (χ4n) is 3.80. The Morgan fingerprint density at radius 3 is 2.37 bits per heavy atom. The molecule has 2 amide bonds. The number of carbonyl (C=O) groups excluding carboxylic acids is 2. The number of nitrogens with one attached hydrogen (secondary N) is 1. The molecular formula is C18H24FN3O4S. The number of halogens is 1. The smallest absolute Gasteiger partial charge is 0.247 e. The van der Waals surface area contributed by atoms with Crippen LogP contribution in [-0.4, -0.2) is 55.5 Å². The fraction of sp³-hybridized carbons (Fsp3) is 0.556. The summed E-state index contributed by atoms with van der Waals surface area (Å²) in [5.74, 6) is -1.39. The molecule has 0 bridgehead atoms. The van der Waals surface area contributed by atoms with Crippen LogP contribution in [0.4, 0.5) is 10.1 Å². The number of piperazine rings is 1. The lowest BCUT2D eigenvalue weighted by molar-refractivity contribution is -0.133. The molecule has 1 aliphatic heterocycles. The average molecular weight is 397 g/mol. The third-order valence-electron chi connectivity index (χ3n) is 5.27. The van der Waals surface area contributed by atoms with Crippen LogP contribution in [0.1, 0.15) is 32.6 Å². The number of hydrogen-bond donors (Lipinski definition) is 1. The summed E-state index contributed by atoms with van der Waals surface area (Å²) >= 11 is 0. The molecule has 1 atom stereocenters. The summed E-state index contributed by atoms with van der Waals surface area (Å²) in [4.78, 5) is 27.3. The largest absolute Gasteiger partial charge is 0.351 e. The molecule has 3 rings (SSSR count). The van der Waals surface area contributed by atoms with Crippen molar-refractivity contribution in [2.45, 2.75) is 44.2 Å². The summed E-state index contributed by atoms with van der Waals surface area (Å²) in [5, 5.41) is 2.96. The minimum atomic E-state index is -3.66. The molecule has 27 heavy (non-hydrogen) atoms. The summed E-state index contributed by atoms with van der Waals surface area (Å²) in [7, 11) is -3.66. The highest BCUT2D eigenvalue weighted by atomic mass is 32.2. The van der Waals surface area contributed by atoms with E-state index in [4.69, 9.17) is 0 Å². The van der Waals surface area contributed by atoms with Crippen LogP contribution in [0.15, 0.2) is 24.3 Å². The van der Waals surface area contributed by atoms with Gasteiger partial charge >= 0.3 is 0 Å². The van der Waals surface area contributed by atoms with Gasteiger partial charge in [0.15, 0.2) is 0 Å². The zero-order valence-electron chi connectivity index (χ0n) is 15.4. The van der Waals surface area contributed by atoms with Crippen molar-refractivity contribution >= 4 is 27.5 Å². The van der Waals surface area contributed by atoms with Crippen molar-refractivity contribution in [2.75, 3.05) is 24.2 Å². The van der Waals surface area contributed by atoms with Crippen LogP contribution in [0, 0.1) is 5.82 Å². The van der Waals surface area contributed by atoms with E-state index in [0.717, 1.165) is 36.2 Å². The SMILES string of the molecule is C[C@]1(C(=O)NC2CCCC2)CN(S(C)(=O)=O)CC(=O)N1c1ccc(F)cc1. The standard InChI is InChI=1S/C18H24FN3O4S/c1-18(17(24)20-14-5-3-4-6-14)12-21(27(2,25)26)11-16(23)22(18)15-9-7-13(19)8-10-15/h7-10,14H,3-6,11-12H2,1-2H3,(H,20,24)/t18-/m1/s1. The van der Waals surface area contributed by atoms with Crippen molar-refractivity contribution in [1.29, 1.82) is 0 Å². The molecule has 9 heteroatoms. The van der Waals surface area contributed by atoms with Crippen molar-refractivity contribution in [3.63, 3.8) is 0 Å². The number of amides is 2. The second kappa shape index (κ2) is 7.20. The van der Waals surface area contributed by atoms with E-state index in [0.29, 0.717) is 5.69 Å². The second-order valence-electron chi connectivity index (χ2n) is 7.47. The quantitative estimate of drug-likeness (QED) is 0.829. The van der Waals surface area contributed by atoms with E-state index in [2.05, 4.69) is 5.32 Å². The Kier molecular flexibility index (Phi) is 5.27. The number of nitrogens with zero attached hydrogens (tertiary/aromatic N) is 2. The van der Waals surface area contributed by atoms with E-state index < -0.39 is 33.2 Å². The maximum absolute atomic E-state index is 13.3. The molecule has 0 unspecified atom stereocenters. The number of sulfonamides is 1. The van der Waals surface area contributed by atoms with Crippen LogP contribution >= 0.6 is 0 Å². The molecule has 1 saturated heterocycles. The van der Waals surface area contributed by atoms with Gasteiger partial charge in [-0.15, -0.1) is 0 Å². The molecule has 0 radical (unpaired) electrons. The highest BCUT2D eigenvalue weighted by Crippen LogP contribution is 2.31. The molecule has 1 saturated carbocycles. The molecule has 1 heterocycles. The highest BCUT2D eigenvalue weighted by molar-refractivity contribution is 7.88. The van der Waals surface area contributed by atoms with Gasteiger partial charge in [-0.2, -0.15) is 4.31 Å². The van der Waals surface area contributed by atoms with Gasteiger partial charge in [-0.05, 0) is 44.0 Å². The molecule has 1 N–H and O–H groups in total. The minimum Gasteiger partial charge on any atom is -0.351 e. The fourth-order valence-corrected chi connectivity index (χ4v) is 4.64. The molecule has 1 aliphatic carbocycles. The summed E-state index contributed by atoms with van der Waals surface area (Å²) < 4.78 is 38.4. The van der Waals surface area contributed by atoms with Crippen LogP contribution in [0.25, 0.3) is 0 Å². The van der Waals surface area contributed by atoms with Gasteiger partial charge in [-0.3, -0.25) is 14.5 Å². The Bertz CT molecular complexity index is 837. The van der Waals surface area contributed by atoms with Crippen molar-refractivity contribution in [3.8, 4) is 0 Å². The summed E-state index contributed by atoms with van der Waals surface area (Å²) in [6.45, 7) is 1.03. The van der Waals surface area contributed by atoms with Gasteiger partial charge in [0.1, 0.15) is 11.4 Å². The minimum absolute atomic E-state index is 0.0214. The zero-order chi connectivity index (χ0) is 19.8. The Morgan fingerprint density at radius 1 is 1.22 bits per heavy atom. The number of anilines is 1. The first-order valence-corrected chi connectivity index (χ1v) is 10.8. The van der Waals surface area contributed by atoms with E-state index in [1.807, 2.05) is 0 Å². The molecule has 148 valence electrons. The Hall–Kier alpha value is -2.00. The van der Waals surface area contributed by atoms with Gasteiger partial charge < -0.3 is 5.32 Å². The molecule has 2 aliphatic rings. The number of benzene rings is 1. The van der Waals surface area contributed by atoms with E-state index in [1.165, 1.54) is 29.2 Å². The van der Waals surface area contributed by atoms with Gasteiger partial charge in [0, 0.05) is 18.3 Å². The molecule has 2 fully saturated rings. The third-order valence-corrected chi connectivity index (χ3v) is 6.47. The summed E-state index contributed by atoms with van der Waals surface area (Å²) in [6.07, 6.45) is 4.79. The van der Waals surface area contributed by atoms with Crippen LogP contribution in [0.2, 0.25) is 0 Å². The van der Waals surface area contributed by atoms with Gasteiger partial charge in [0.2, 0.25) is 21.8 Å². The number of rotatable bonds is 4. The topological polar surface area (TPSA) is 86.8 Å². The monoisotopic (exact) mass is 397 g/mol. The predicted octanol–water partition coefficient (Wildman–Crippen LogP) is 1.25. The Morgan fingerprint density at radius 2 is 1.81 bits per heavy atom. The van der Waals surface area contributed by atoms with Crippen LogP contribution in [0.5, 0.6) is 0 Å². The van der Waals surface area contributed by atoms with E-state index >= 15 is 0 Å². The molecule has 7 nitrogen and oxygen atoms in total. The number of hydrogen-bond acceptors (Lipinski definition) is 4. The molecular weight excluding hydrogens is 373 g/mol. The maximum Gasteiger partial charge on any atom is 0.247 e. The first-order valence-electron chi connectivity index (χ1n) is 8.96. The van der Waals surface area contributed by atoms with Crippen molar-refractivity contribution < 1.29 is 22.4 Å². The van der Waals surface area contributed by atoms with Crippen LogP contribution < -0.4 is 10.2 Å². The molecule has 1 aromatic rings. The third kappa shape index (κ3) is 3.98. The molecule has 0 spiro atoms. The Labute approximate surface area is 158 Å². The zero-order valence-corrected chi connectivity index (χ0v) is 16.3. The van der Waals surface area contributed by atoms with Gasteiger partial charge in [0.25, 0.3) is 0 Å². The molecule has 1 aromatic carbocycles. The normalized spacial score (nSPS) is 25.0. The predicted molar refractivity (Wildman–Crippen MR) is 99.1 cm³/mol. The van der Waals surface area contributed by atoms with Gasteiger partial charge in [0.05, 0.1) is 12.8 Å². The first-order chi connectivity index (χ1) is 12.6. The Balaban J connectivity index is 1.98. The highest BCUT2D eigenvalue weighted by Gasteiger charge is 2.50. The molecule has 0 aromatic heterocycles. The van der Waals surface area contributed by atoms with Crippen LogP contribution in [0.3, 0.4) is 0 Å². The van der Waals surface area contributed by atoms with Crippen LogP contribution in [-0.2, 0) is 19.6 Å². The first kappa shape index (κ1) is 19.8. The van der Waals surface area contributed by atoms with Crippen molar-refractivity contribution in [2.24, 2.45) is 0 Å².